The van der Waals surface area contributed by atoms with E-state index in [0.29, 0.717) is 6.54 Å². The normalized spacial score (nSPS) is 13.6. The first-order valence-electron chi connectivity index (χ1n) is 8.67. The number of nitrogens with zero attached hydrogens (tertiary/aromatic N) is 3. The van der Waals surface area contributed by atoms with Gasteiger partial charge in [-0.15, -0.1) is 0 Å². The van der Waals surface area contributed by atoms with Gasteiger partial charge >= 0.3 is 0 Å². The fourth-order valence-electron chi connectivity index (χ4n) is 3.41. The van der Waals surface area contributed by atoms with Crippen molar-refractivity contribution < 1.29 is 0 Å². The highest BCUT2D eigenvalue weighted by Gasteiger charge is 2.26. The molecule has 3 N–H and O–H groups in total. The van der Waals surface area contributed by atoms with Crippen molar-refractivity contribution in [2.75, 3.05) is 6.54 Å². The highest BCUT2D eigenvalue weighted by Crippen LogP contribution is 2.32. The predicted octanol–water partition coefficient (Wildman–Crippen LogP) is 3.48. The molecule has 130 valence electrons. The molecule has 0 radical (unpaired) electrons. The van der Waals surface area contributed by atoms with Crippen molar-refractivity contribution in [1.82, 2.24) is 20.2 Å². The third kappa shape index (κ3) is 2.97. The van der Waals surface area contributed by atoms with Crippen molar-refractivity contribution in [3.05, 3.63) is 78.4 Å². The first-order valence-corrected chi connectivity index (χ1v) is 8.67. The number of hydrogen-bond donors (Lipinski definition) is 2. The van der Waals surface area contributed by atoms with Gasteiger partial charge in [0.1, 0.15) is 0 Å². The third-order valence-corrected chi connectivity index (χ3v) is 5.02. The molecule has 1 unspecified atom stereocenters. The zero-order valence-electron chi connectivity index (χ0n) is 14.7. The first kappa shape index (κ1) is 16.4. The van der Waals surface area contributed by atoms with Crippen LogP contribution in [0.1, 0.15) is 18.1 Å². The van der Waals surface area contributed by atoms with Gasteiger partial charge in [-0.1, -0.05) is 31.2 Å². The summed E-state index contributed by atoms with van der Waals surface area (Å²) in [5, 5.41) is 8.07. The molecule has 0 fully saturated rings. The van der Waals surface area contributed by atoms with Gasteiger partial charge in [0.25, 0.3) is 0 Å². The monoisotopic (exact) mass is 343 g/mol. The van der Waals surface area contributed by atoms with E-state index in [9.17, 15) is 0 Å². The number of benzene rings is 1. The van der Waals surface area contributed by atoms with Crippen LogP contribution in [0.3, 0.4) is 0 Å². The molecule has 0 spiro atoms. The third-order valence-electron chi connectivity index (χ3n) is 5.02. The van der Waals surface area contributed by atoms with Crippen molar-refractivity contribution in [3.8, 4) is 11.1 Å². The average molecular weight is 343 g/mol. The lowest BCUT2D eigenvalue weighted by Gasteiger charge is -2.29. The molecule has 0 aliphatic heterocycles. The first-order chi connectivity index (χ1) is 12.7. The molecule has 5 nitrogen and oxygen atoms in total. The van der Waals surface area contributed by atoms with E-state index in [-0.39, 0.29) is 5.41 Å². The number of pyridine rings is 2. The summed E-state index contributed by atoms with van der Waals surface area (Å²) in [6, 6.07) is 14.7. The SMILES string of the molecule is CC(CN)(Cc1ccncc1)c1cccc(-c2ccnc3[nH]ncc23)c1. The second-order valence-corrected chi connectivity index (χ2v) is 6.87. The van der Waals surface area contributed by atoms with E-state index in [4.69, 9.17) is 5.73 Å². The lowest BCUT2D eigenvalue weighted by Crippen LogP contribution is -2.34. The van der Waals surface area contributed by atoms with E-state index < -0.39 is 0 Å². The van der Waals surface area contributed by atoms with E-state index in [1.165, 1.54) is 11.1 Å². The summed E-state index contributed by atoms with van der Waals surface area (Å²) in [4.78, 5) is 8.43. The smallest absolute Gasteiger partial charge is 0.155 e. The quantitative estimate of drug-likeness (QED) is 0.581. The Balaban J connectivity index is 1.76. The summed E-state index contributed by atoms with van der Waals surface area (Å²) in [6.07, 6.45) is 8.16. The minimum absolute atomic E-state index is 0.153. The van der Waals surface area contributed by atoms with Gasteiger partial charge < -0.3 is 5.73 Å². The van der Waals surface area contributed by atoms with Crippen molar-refractivity contribution in [1.29, 1.82) is 0 Å². The van der Waals surface area contributed by atoms with Crippen LogP contribution in [-0.4, -0.2) is 26.7 Å². The second kappa shape index (κ2) is 6.69. The Kier molecular flexibility index (Phi) is 4.22. The van der Waals surface area contributed by atoms with Crippen LogP contribution in [0.4, 0.5) is 0 Å². The highest BCUT2D eigenvalue weighted by atomic mass is 15.1. The molecule has 0 amide bonds. The zero-order valence-corrected chi connectivity index (χ0v) is 14.7. The molecule has 3 aromatic heterocycles. The largest absolute Gasteiger partial charge is 0.330 e. The molecule has 0 bridgehead atoms. The van der Waals surface area contributed by atoms with Gasteiger partial charge in [0, 0.05) is 35.9 Å². The maximum Gasteiger partial charge on any atom is 0.155 e. The van der Waals surface area contributed by atoms with Crippen LogP contribution in [0.15, 0.2) is 67.3 Å². The molecular weight excluding hydrogens is 322 g/mol. The van der Waals surface area contributed by atoms with Gasteiger partial charge in [-0.3, -0.25) is 10.1 Å². The Morgan fingerprint density at radius 3 is 2.73 bits per heavy atom. The molecule has 1 atom stereocenters. The van der Waals surface area contributed by atoms with E-state index in [1.807, 2.05) is 30.9 Å². The average Bonchev–Trinajstić information content (AvgIpc) is 3.17. The number of aromatic amines is 1. The molecule has 0 saturated heterocycles. The number of H-pyrrole nitrogens is 1. The fourth-order valence-corrected chi connectivity index (χ4v) is 3.41. The number of fused-ring (bicyclic) bond motifs is 1. The maximum absolute atomic E-state index is 6.21. The number of nitrogens with two attached hydrogens (primary N) is 1. The van der Waals surface area contributed by atoms with Gasteiger partial charge in [0.2, 0.25) is 0 Å². The van der Waals surface area contributed by atoms with E-state index in [2.05, 4.69) is 63.5 Å². The Morgan fingerprint density at radius 1 is 1.08 bits per heavy atom. The Labute approximate surface area is 152 Å². The Morgan fingerprint density at radius 2 is 1.92 bits per heavy atom. The molecule has 1 aromatic carbocycles. The van der Waals surface area contributed by atoms with Gasteiger partial charge in [-0.05, 0) is 46.9 Å². The van der Waals surface area contributed by atoms with Crippen molar-refractivity contribution in [2.24, 2.45) is 5.73 Å². The molecular formula is C21H21N5. The summed E-state index contributed by atoms with van der Waals surface area (Å²) in [5.41, 5.74) is 11.6. The molecule has 26 heavy (non-hydrogen) atoms. The molecule has 0 aliphatic carbocycles. The van der Waals surface area contributed by atoms with Crippen molar-refractivity contribution in [3.63, 3.8) is 0 Å². The molecule has 4 aromatic rings. The van der Waals surface area contributed by atoms with Crippen LogP contribution in [0.2, 0.25) is 0 Å². The summed E-state index contributed by atoms with van der Waals surface area (Å²) >= 11 is 0. The van der Waals surface area contributed by atoms with Crippen molar-refractivity contribution in [2.45, 2.75) is 18.8 Å². The summed E-state index contributed by atoms with van der Waals surface area (Å²) < 4.78 is 0. The van der Waals surface area contributed by atoms with Gasteiger partial charge in [0.05, 0.1) is 6.20 Å². The summed E-state index contributed by atoms with van der Waals surface area (Å²) in [7, 11) is 0. The topological polar surface area (TPSA) is 80.5 Å². The Hall–Kier alpha value is -3.05. The van der Waals surface area contributed by atoms with Gasteiger partial charge in [-0.25, -0.2) is 4.98 Å². The van der Waals surface area contributed by atoms with Crippen molar-refractivity contribution >= 4 is 11.0 Å². The molecule has 3 heterocycles. The number of hydrogen-bond acceptors (Lipinski definition) is 4. The minimum atomic E-state index is -0.153. The summed E-state index contributed by atoms with van der Waals surface area (Å²) in [6.45, 7) is 2.78. The fraction of sp³-hybridized carbons (Fsp3) is 0.190. The number of aromatic nitrogens is 4. The standard InChI is InChI=1S/C21H21N5/c1-21(14-22,12-15-5-8-23-9-6-15)17-4-2-3-16(11-17)18-7-10-24-20-19(18)13-25-26-20/h2-11,13H,12,14,22H2,1H3,(H,24,25,26). The molecule has 0 aliphatic rings. The van der Waals surface area contributed by atoms with Gasteiger partial charge in [-0.2, -0.15) is 5.10 Å². The molecule has 4 rings (SSSR count). The van der Waals surface area contributed by atoms with Crippen LogP contribution in [0.5, 0.6) is 0 Å². The second-order valence-electron chi connectivity index (χ2n) is 6.87. The molecule has 0 saturated carbocycles. The lowest BCUT2D eigenvalue weighted by molar-refractivity contribution is 0.481. The van der Waals surface area contributed by atoms with E-state index in [0.717, 1.165) is 28.6 Å². The van der Waals surface area contributed by atoms with E-state index in [1.54, 1.807) is 0 Å². The summed E-state index contributed by atoms with van der Waals surface area (Å²) in [5.74, 6) is 0. The van der Waals surface area contributed by atoms with Crippen LogP contribution >= 0.6 is 0 Å². The number of nitrogens with one attached hydrogen (secondary N) is 1. The van der Waals surface area contributed by atoms with Crippen LogP contribution in [-0.2, 0) is 11.8 Å². The minimum Gasteiger partial charge on any atom is -0.330 e. The lowest BCUT2D eigenvalue weighted by atomic mass is 9.76. The van der Waals surface area contributed by atoms with Gasteiger partial charge in [0.15, 0.2) is 5.65 Å². The maximum atomic E-state index is 6.21. The highest BCUT2D eigenvalue weighted by molar-refractivity contribution is 5.92. The molecule has 5 heteroatoms. The zero-order chi connectivity index (χ0) is 18.0. The van der Waals surface area contributed by atoms with Crippen LogP contribution in [0, 0.1) is 0 Å². The Bertz CT molecular complexity index is 1020. The van der Waals surface area contributed by atoms with Crippen LogP contribution < -0.4 is 5.73 Å². The number of rotatable bonds is 5. The van der Waals surface area contributed by atoms with E-state index >= 15 is 0 Å². The van der Waals surface area contributed by atoms with Crippen LogP contribution in [0.25, 0.3) is 22.2 Å². The predicted molar refractivity (Wildman–Crippen MR) is 104 cm³/mol.